The molecular formula is C45H46N10O5. The van der Waals surface area contributed by atoms with Crippen LogP contribution in [0.2, 0.25) is 0 Å². The lowest BCUT2D eigenvalue weighted by Crippen LogP contribution is -2.54. The standard InChI is InChI=1S/C45H46N10O5/c1-27-36(25-47-42-40(27)46-14-21-60-42)29-2-3-30-24-48-45(50-37(30)22-29)49-31-4-6-32(7-5-31)54-19-17-52(18-20-54)26-28-12-15-53(16-13-28)33-8-9-34-35(23-33)44(59)55(43(34)58)38-10-11-39(56)51-41(38)57/h2-9,22-25,28,38,46H,10-21,26H2,1H3,(H,48,49,50)(H,51,56,57). The molecule has 3 saturated heterocycles. The molecule has 0 saturated carbocycles. The molecule has 5 aliphatic heterocycles. The van der Waals surface area contributed by atoms with Crippen LogP contribution in [0.4, 0.5) is 28.7 Å². The Balaban J connectivity index is 0.705. The molecule has 5 aliphatic rings. The maximum Gasteiger partial charge on any atom is 0.262 e. The third kappa shape index (κ3) is 7.12. The van der Waals surface area contributed by atoms with Crippen molar-refractivity contribution in [3.63, 3.8) is 0 Å². The fraction of sp³-hybridized carbons (Fsp3) is 0.356. The molecule has 3 aromatic carbocycles. The van der Waals surface area contributed by atoms with Crippen LogP contribution in [-0.2, 0) is 9.59 Å². The van der Waals surface area contributed by atoms with Gasteiger partial charge in [-0.2, -0.15) is 0 Å². The number of carbonyl (C=O) groups is 4. The zero-order valence-electron chi connectivity index (χ0n) is 33.4. The highest BCUT2D eigenvalue weighted by molar-refractivity contribution is 6.23. The van der Waals surface area contributed by atoms with Gasteiger partial charge in [-0.25, -0.2) is 15.0 Å². The Kier molecular flexibility index (Phi) is 9.74. The number of nitrogens with one attached hydrogen (secondary N) is 3. The number of ether oxygens (including phenoxy) is 1. The predicted octanol–water partition coefficient (Wildman–Crippen LogP) is 4.99. The van der Waals surface area contributed by atoms with Crippen LogP contribution >= 0.6 is 0 Å². The van der Waals surface area contributed by atoms with E-state index >= 15 is 0 Å². The van der Waals surface area contributed by atoms with Crippen molar-refractivity contribution in [2.45, 2.75) is 38.6 Å². The number of hydrogen-bond acceptors (Lipinski definition) is 13. The molecule has 2 aromatic heterocycles. The van der Waals surface area contributed by atoms with E-state index < -0.39 is 23.8 Å². The molecule has 60 heavy (non-hydrogen) atoms. The Morgan fingerprint density at radius 3 is 2.35 bits per heavy atom. The van der Waals surface area contributed by atoms with Crippen molar-refractivity contribution < 1.29 is 23.9 Å². The lowest BCUT2D eigenvalue weighted by Gasteiger charge is -2.40. The molecule has 15 nitrogen and oxygen atoms in total. The number of anilines is 5. The van der Waals surface area contributed by atoms with Gasteiger partial charge in [0.1, 0.15) is 18.3 Å². The molecule has 3 fully saturated rings. The van der Waals surface area contributed by atoms with Crippen molar-refractivity contribution in [2.24, 2.45) is 5.92 Å². The summed E-state index contributed by atoms with van der Waals surface area (Å²) in [6.45, 7) is 10.2. The molecule has 0 bridgehead atoms. The van der Waals surface area contributed by atoms with Crippen LogP contribution in [0.15, 0.2) is 73.1 Å². The van der Waals surface area contributed by atoms with E-state index in [0.717, 1.165) is 115 Å². The van der Waals surface area contributed by atoms with Gasteiger partial charge in [0.25, 0.3) is 11.8 Å². The fourth-order valence-corrected chi connectivity index (χ4v) is 9.23. The summed E-state index contributed by atoms with van der Waals surface area (Å²) in [5, 5.41) is 10.0. The van der Waals surface area contributed by atoms with Crippen LogP contribution < -0.4 is 30.5 Å². The largest absolute Gasteiger partial charge is 0.474 e. The molecule has 10 rings (SSSR count). The predicted molar refractivity (Wildman–Crippen MR) is 228 cm³/mol. The van der Waals surface area contributed by atoms with E-state index in [2.05, 4.69) is 83.9 Å². The van der Waals surface area contributed by atoms with E-state index in [4.69, 9.17) is 9.72 Å². The van der Waals surface area contributed by atoms with Gasteiger partial charge in [-0.05, 0) is 91.8 Å². The quantitative estimate of drug-likeness (QED) is 0.180. The highest BCUT2D eigenvalue weighted by Gasteiger charge is 2.45. The topological polar surface area (TPSA) is 165 Å². The van der Waals surface area contributed by atoms with Crippen LogP contribution in [-0.4, -0.2) is 113 Å². The summed E-state index contributed by atoms with van der Waals surface area (Å²) in [4.78, 5) is 72.9. The number of piperazine rings is 1. The molecule has 7 heterocycles. The molecule has 0 spiro atoms. The number of piperidine rings is 2. The first-order chi connectivity index (χ1) is 29.3. The summed E-state index contributed by atoms with van der Waals surface area (Å²) < 4.78 is 5.72. The molecule has 306 valence electrons. The minimum Gasteiger partial charge on any atom is -0.474 e. The maximum atomic E-state index is 13.4. The summed E-state index contributed by atoms with van der Waals surface area (Å²) in [5.41, 5.74) is 8.64. The summed E-state index contributed by atoms with van der Waals surface area (Å²) in [5.74, 6) is -0.153. The Morgan fingerprint density at radius 2 is 1.55 bits per heavy atom. The van der Waals surface area contributed by atoms with E-state index in [1.807, 2.05) is 24.5 Å². The van der Waals surface area contributed by atoms with Crippen LogP contribution in [0, 0.1) is 12.8 Å². The highest BCUT2D eigenvalue weighted by Crippen LogP contribution is 2.37. The summed E-state index contributed by atoms with van der Waals surface area (Å²) in [7, 11) is 0. The number of amides is 4. The number of rotatable bonds is 8. The van der Waals surface area contributed by atoms with Crippen molar-refractivity contribution in [1.29, 1.82) is 0 Å². The van der Waals surface area contributed by atoms with Crippen LogP contribution in [0.5, 0.6) is 5.88 Å². The van der Waals surface area contributed by atoms with Crippen molar-refractivity contribution in [3.8, 4) is 17.0 Å². The SMILES string of the molecule is Cc1c(-c2ccc3cnc(Nc4ccc(N5CCN(CC6CCN(c7ccc8c(c7)C(=O)N(C7CCC(=O)NC7=O)C8=O)CC6)CC5)cc4)nc3c2)cnc2c1NCCO2. The van der Waals surface area contributed by atoms with Crippen molar-refractivity contribution in [3.05, 3.63) is 89.7 Å². The Hall–Kier alpha value is -6.61. The third-order valence-electron chi connectivity index (χ3n) is 12.6. The summed E-state index contributed by atoms with van der Waals surface area (Å²) in [6.07, 6.45) is 6.05. The van der Waals surface area contributed by atoms with Crippen LogP contribution in [0.1, 0.15) is 52.0 Å². The molecule has 15 heteroatoms. The number of nitrogens with zero attached hydrogens (tertiary/aromatic N) is 7. The molecule has 0 radical (unpaired) electrons. The van der Waals surface area contributed by atoms with Gasteiger partial charge in [-0.1, -0.05) is 12.1 Å². The van der Waals surface area contributed by atoms with Crippen molar-refractivity contribution in [2.75, 3.05) is 79.4 Å². The van der Waals surface area contributed by atoms with Gasteiger partial charge in [0.05, 0.1) is 16.6 Å². The Bertz CT molecular complexity index is 2530. The molecule has 3 N–H and O–H groups in total. The van der Waals surface area contributed by atoms with Crippen LogP contribution in [0.25, 0.3) is 22.0 Å². The third-order valence-corrected chi connectivity index (χ3v) is 12.6. The van der Waals surface area contributed by atoms with Gasteiger partial charge in [0.2, 0.25) is 23.6 Å². The van der Waals surface area contributed by atoms with Gasteiger partial charge >= 0.3 is 0 Å². The van der Waals surface area contributed by atoms with E-state index in [-0.39, 0.29) is 18.7 Å². The molecular weight excluding hydrogens is 761 g/mol. The normalized spacial score (nSPS) is 19.8. The smallest absolute Gasteiger partial charge is 0.262 e. The number of hydrogen-bond donors (Lipinski definition) is 3. The minimum absolute atomic E-state index is 0.101. The average molecular weight is 807 g/mol. The number of carbonyl (C=O) groups excluding carboxylic acids is 4. The van der Waals surface area contributed by atoms with Gasteiger partial charge < -0.3 is 25.2 Å². The van der Waals surface area contributed by atoms with Gasteiger partial charge in [-0.3, -0.25) is 34.3 Å². The second-order valence-electron chi connectivity index (χ2n) is 16.3. The lowest BCUT2D eigenvalue weighted by molar-refractivity contribution is -0.136. The lowest BCUT2D eigenvalue weighted by atomic mass is 9.95. The minimum atomic E-state index is -0.962. The van der Waals surface area contributed by atoms with E-state index in [1.165, 1.54) is 5.69 Å². The maximum absolute atomic E-state index is 13.4. The first kappa shape index (κ1) is 37.6. The summed E-state index contributed by atoms with van der Waals surface area (Å²) in [6, 6.07) is 19.1. The first-order valence-corrected chi connectivity index (χ1v) is 20.8. The Labute approximate surface area is 347 Å². The highest BCUT2D eigenvalue weighted by atomic mass is 16.5. The molecule has 5 aromatic rings. The average Bonchev–Trinajstić information content (AvgIpc) is 3.52. The van der Waals surface area contributed by atoms with Crippen LogP contribution in [0.3, 0.4) is 0 Å². The first-order valence-electron chi connectivity index (χ1n) is 20.8. The second-order valence-corrected chi connectivity index (χ2v) is 16.3. The number of imide groups is 2. The molecule has 1 atom stereocenters. The summed E-state index contributed by atoms with van der Waals surface area (Å²) >= 11 is 0. The molecule has 1 unspecified atom stereocenters. The zero-order chi connectivity index (χ0) is 40.9. The molecule has 4 amide bonds. The van der Waals surface area contributed by atoms with E-state index in [9.17, 15) is 19.2 Å². The van der Waals surface area contributed by atoms with Crippen molar-refractivity contribution in [1.82, 2.24) is 30.1 Å². The number of fused-ring (bicyclic) bond motifs is 3. The number of aromatic nitrogens is 3. The van der Waals surface area contributed by atoms with Crippen molar-refractivity contribution >= 4 is 63.2 Å². The monoisotopic (exact) mass is 806 g/mol. The van der Waals surface area contributed by atoms with Gasteiger partial charge in [0, 0.05) is 99.2 Å². The van der Waals surface area contributed by atoms with E-state index in [1.54, 1.807) is 12.1 Å². The number of pyridine rings is 1. The number of benzene rings is 3. The van der Waals surface area contributed by atoms with E-state index in [0.29, 0.717) is 35.5 Å². The van der Waals surface area contributed by atoms with Gasteiger partial charge in [-0.15, -0.1) is 0 Å². The molecule has 0 aliphatic carbocycles. The second kappa shape index (κ2) is 15.5. The fourth-order valence-electron chi connectivity index (χ4n) is 9.23. The Morgan fingerprint density at radius 1 is 0.783 bits per heavy atom. The zero-order valence-corrected chi connectivity index (χ0v) is 33.4. The van der Waals surface area contributed by atoms with Gasteiger partial charge in [0.15, 0.2) is 0 Å².